The van der Waals surface area contributed by atoms with Gasteiger partial charge in [-0.3, -0.25) is 4.79 Å². The maximum absolute atomic E-state index is 12.6. The molecule has 4 rings (SSSR count). The van der Waals surface area contributed by atoms with Crippen molar-refractivity contribution in [1.82, 2.24) is 19.6 Å². The number of carbonyl (C=O) groups excluding carboxylic acids is 1. The molecule has 1 amide bonds. The van der Waals surface area contributed by atoms with Crippen LogP contribution in [0.4, 0.5) is 5.69 Å². The fraction of sp³-hybridized carbons (Fsp3) is 0.100. The first kappa shape index (κ1) is 16.0. The van der Waals surface area contributed by atoms with Crippen molar-refractivity contribution in [3.63, 3.8) is 0 Å². The summed E-state index contributed by atoms with van der Waals surface area (Å²) in [6, 6.07) is 17.3. The van der Waals surface area contributed by atoms with Crippen LogP contribution in [0.15, 0.2) is 60.8 Å². The van der Waals surface area contributed by atoms with Gasteiger partial charge in [0.2, 0.25) is 0 Å². The third kappa shape index (κ3) is 2.93. The number of nitrogens with one attached hydrogen (secondary N) is 1. The highest BCUT2D eigenvalue weighted by Gasteiger charge is 2.16. The van der Waals surface area contributed by atoms with Gasteiger partial charge in [0.05, 0.1) is 11.3 Å². The summed E-state index contributed by atoms with van der Waals surface area (Å²) in [5.41, 5.74) is 3.97. The van der Waals surface area contributed by atoms with E-state index >= 15 is 0 Å². The van der Waals surface area contributed by atoms with Crippen molar-refractivity contribution in [2.24, 2.45) is 0 Å². The van der Waals surface area contributed by atoms with E-state index in [9.17, 15) is 4.79 Å². The van der Waals surface area contributed by atoms with E-state index in [0.29, 0.717) is 22.9 Å². The van der Waals surface area contributed by atoms with Gasteiger partial charge in [0.15, 0.2) is 5.82 Å². The molecule has 0 spiro atoms. The van der Waals surface area contributed by atoms with Crippen molar-refractivity contribution in [3.8, 4) is 11.4 Å². The predicted octanol–water partition coefficient (Wildman–Crippen LogP) is 3.66. The summed E-state index contributed by atoms with van der Waals surface area (Å²) in [4.78, 5) is 21.3. The molecule has 1 N–H and O–H groups in total. The van der Waals surface area contributed by atoms with E-state index in [2.05, 4.69) is 20.4 Å². The number of fused-ring (bicyclic) bond motifs is 1. The summed E-state index contributed by atoms with van der Waals surface area (Å²) in [6.45, 7) is 3.87. The van der Waals surface area contributed by atoms with Gasteiger partial charge >= 0.3 is 0 Å². The third-order valence-corrected chi connectivity index (χ3v) is 4.19. The number of para-hydroxylation sites is 1. The van der Waals surface area contributed by atoms with Crippen molar-refractivity contribution in [2.75, 3.05) is 5.32 Å². The fourth-order valence-corrected chi connectivity index (χ4v) is 2.71. The molecule has 2 heterocycles. The molecular weight excluding hydrogens is 326 g/mol. The largest absolute Gasteiger partial charge is 0.322 e. The van der Waals surface area contributed by atoms with Crippen molar-refractivity contribution in [2.45, 2.75) is 13.8 Å². The first-order valence-electron chi connectivity index (χ1n) is 8.27. The average molecular weight is 343 g/mol. The van der Waals surface area contributed by atoms with Crippen LogP contribution in [-0.4, -0.2) is 25.5 Å². The SMILES string of the molecule is Cc1ccc(-c2nc3ncc(C(=O)Nc4ccccc4)c(C)n3n2)cc1. The third-order valence-electron chi connectivity index (χ3n) is 4.19. The van der Waals surface area contributed by atoms with Gasteiger partial charge in [0.1, 0.15) is 0 Å². The molecule has 0 saturated heterocycles. The maximum atomic E-state index is 12.6. The molecule has 6 nitrogen and oxygen atoms in total. The van der Waals surface area contributed by atoms with Crippen molar-refractivity contribution >= 4 is 17.4 Å². The molecule has 2 aromatic heterocycles. The zero-order valence-corrected chi connectivity index (χ0v) is 14.5. The smallest absolute Gasteiger partial charge is 0.259 e. The summed E-state index contributed by atoms with van der Waals surface area (Å²) >= 11 is 0. The van der Waals surface area contributed by atoms with Crippen LogP contribution >= 0.6 is 0 Å². The average Bonchev–Trinajstić information content (AvgIpc) is 3.08. The Labute approximate surface area is 150 Å². The predicted molar refractivity (Wildman–Crippen MR) is 100 cm³/mol. The van der Waals surface area contributed by atoms with Crippen LogP contribution in [0.3, 0.4) is 0 Å². The minimum Gasteiger partial charge on any atom is -0.322 e. The highest BCUT2D eigenvalue weighted by Crippen LogP contribution is 2.18. The number of hydrogen-bond donors (Lipinski definition) is 1. The van der Waals surface area contributed by atoms with Crippen LogP contribution < -0.4 is 5.32 Å². The normalized spacial score (nSPS) is 10.8. The number of anilines is 1. The van der Waals surface area contributed by atoms with Crippen LogP contribution in [0, 0.1) is 13.8 Å². The molecule has 128 valence electrons. The number of aryl methyl sites for hydroxylation is 2. The molecule has 0 unspecified atom stereocenters. The van der Waals surface area contributed by atoms with Crippen molar-refractivity contribution in [3.05, 3.63) is 77.6 Å². The van der Waals surface area contributed by atoms with Gasteiger partial charge in [-0.15, -0.1) is 5.10 Å². The van der Waals surface area contributed by atoms with E-state index < -0.39 is 0 Å². The molecule has 26 heavy (non-hydrogen) atoms. The number of rotatable bonds is 3. The molecular formula is C20H17N5O. The van der Waals surface area contributed by atoms with Crippen LogP contribution in [0.5, 0.6) is 0 Å². The lowest BCUT2D eigenvalue weighted by Crippen LogP contribution is -2.16. The number of benzene rings is 2. The van der Waals surface area contributed by atoms with E-state index in [1.54, 1.807) is 4.52 Å². The number of aromatic nitrogens is 4. The molecule has 0 radical (unpaired) electrons. The summed E-state index contributed by atoms with van der Waals surface area (Å²) in [5, 5.41) is 7.39. The second-order valence-corrected chi connectivity index (χ2v) is 6.09. The van der Waals surface area contributed by atoms with Gasteiger partial charge < -0.3 is 5.32 Å². The minimum atomic E-state index is -0.226. The lowest BCUT2D eigenvalue weighted by Gasteiger charge is -2.07. The number of hydrogen-bond acceptors (Lipinski definition) is 4. The quantitative estimate of drug-likeness (QED) is 0.616. The number of carbonyl (C=O) groups is 1. The van der Waals surface area contributed by atoms with Gasteiger partial charge in [-0.25, -0.2) is 9.50 Å². The van der Waals surface area contributed by atoms with E-state index in [1.165, 1.54) is 11.8 Å². The van der Waals surface area contributed by atoms with E-state index in [1.807, 2.05) is 68.4 Å². The van der Waals surface area contributed by atoms with E-state index in [4.69, 9.17) is 0 Å². The van der Waals surface area contributed by atoms with E-state index in [-0.39, 0.29) is 5.91 Å². The summed E-state index contributed by atoms with van der Waals surface area (Å²) in [5.74, 6) is 0.825. The van der Waals surface area contributed by atoms with Gasteiger partial charge in [0.25, 0.3) is 11.7 Å². The summed E-state index contributed by atoms with van der Waals surface area (Å²) in [6.07, 6.45) is 1.54. The van der Waals surface area contributed by atoms with Gasteiger partial charge in [-0.2, -0.15) is 4.98 Å². The second kappa shape index (κ2) is 6.40. The fourth-order valence-electron chi connectivity index (χ4n) is 2.71. The topological polar surface area (TPSA) is 72.2 Å². The molecule has 0 aliphatic heterocycles. The van der Waals surface area contributed by atoms with E-state index in [0.717, 1.165) is 11.3 Å². The zero-order valence-electron chi connectivity index (χ0n) is 14.5. The molecule has 0 fully saturated rings. The zero-order chi connectivity index (χ0) is 18.1. The molecule has 6 heteroatoms. The Balaban J connectivity index is 1.70. The first-order chi connectivity index (χ1) is 12.6. The van der Waals surface area contributed by atoms with Crippen LogP contribution in [0.25, 0.3) is 17.2 Å². The lowest BCUT2D eigenvalue weighted by molar-refractivity contribution is 0.102. The molecule has 0 aliphatic carbocycles. The summed E-state index contributed by atoms with van der Waals surface area (Å²) < 4.78 is 1.61. The van der Waals surface area contributed by atoms with Crippen LogP contribution in [0.2, 0.25) is 0 Å². The number of amides is 1. The first-order valence-corrected chi connectivity index (χ1v) is 8.27. The van der Waals surface area contributed by atoms with Gasteiger partial charge in [-0.1, -0.05) is 48.0 Å². The van der Waals surface area contributed by atoms with Crippen molar-refractivity contribution in [1.29, 1.82) is 0 Å². The molecule has 4 aromatic rings. The minimum absolute atomic E-state index is 0.226. The second-order valence-electron chi connectivity index (χ2n) is 6.09. The van der Waals surface area contributed by atoms with Crippen LogP contribution in [0.1, 0.15) is 21.6 Å². The van der Waals surface area contributed by atoms with Gasteiger partial charge in [0, 0.05) is 17.4 Å². The Morgan fingerprint density at radius 3 is 2.46 bits per heavy atom. The Bertz CT molecular complexity index is 1080. The monoisotopic (exact) mass is 343 g/mol. The maximum Gasteiger partial charge on any atom is 0.259 e. The molecule has 0 saturated carbocycles. The van der Waals surface area contributed by atoms with Crippen molar-refractivity contribution < 1.29 is 4.79 Å². The highest BCUT2D eigenvalue weighted by atomic mass is 16.1. The van der Waals surface area contributed by atoms with Crippen LogP contribution in [-0.2, 0) is 0 Å². The molecule has 2 aromatic carbocycles. The Morgan fingerprint density at radius 2 is 1.73 bits per heavy atom. The van der Waals surface area contributed by atoms with Gasteiger partial charge in [-0.05, 0) is 26.0 Å². The Kier molecular flexibility index (Phi) is 3.93. The number of nitrogens with zero attached hydrogens (tertiary/aromatic N) is 4. The lowest BCUT2D eigenvalue weighted by atomic mass is 10.1. The highest BCUT2D eigenvalue weighted by molar-refractivity contribution is 6.04. The standard InChI is InChI=1S/C20H17N5O/c1-13-8-10-15(11-9-13)18-23-20-21-12-17(14(2)25(20)24-18)19(26)22-16-6-4-3-5-7-16/h3-12H,1-2H3,(H,22,26). The Hall–Kier alpha value is -3.54. The molecule has 0 bridgehead atoms. The summed E-state index contributed by atoms with van der Waals surface area (Å²) in [7, 11) is 0. The molecule has 0 aliphatic rings. The molecule has 0 atom stereocenters. The Morgan fingerprint density at radius 1 is 1.00 bits per heavy atom.